The molecule has 1 aliphatic rings. The van der Waals surface area contributed by atoms with Crippen LogP contribution in [0.1, 0.15) is 43.1 Å². The number of aromatic nitrogens is 1. The van der Waals surface area contributed by atoms with E-state index in [1.54, 1.807) is 0 Å². The molecule has 0 bridgehead atoms. The van der Waals surface area contributed by atoms with Crippen LogP contribution in [-0.4, -0.2) is 11.4 Å². The van der Waals surface area contributed by atoms with Gasteiger partial charge in [0.2, 0.25) is 0 Å². The Morgan fingerprint density at radius 2 is 2.14 bits per heavy atom. The van der Waals surface area contributed by atoms with Gasteiger partial charge in [0.05, 0.1) is 5.69 Å². The second kappa shape index (κ2) is 3.95. The Kier molecular flexibility index (Phi) is 2.66. The van der Waals surface area contributed by atoms with E-state index in [0.29, 0.717) is 5.92 Å². The molecule has 0 saturated heterocycles. The molecule has 0 amide bonds. The number of carbonyl (C=O) groups excluding carboxylic acids is 1. The minimum absolute atomic E-state index is 0.277. The Hall–Kier alpha value is -1.12. The molecule has 14 heavy (non-hydrogen) atoms. The third-order valence-electron chi connectivity index (χ3n) is 3.03. The monoisotopic (exact) mass is 193 g/mol. The summed E-state index contributed by atoms with van der Waals surface area (Å²) >= 11 is 0. The van der Waals surface area contributed by atoms with Crippen molar-refractivity contribution >= 4 is 6.29 Å². The molecule has 3 nitrogen and oxygen atoms in total. The van der Waals surface area contributed by atoms with Crippen molar-refractivity contribution < 1.29 is 9.32 Å². The van der Waals surface area contributed by atoms with Crippen molar-refractivity contribution in [1.29, 1.82) is 0 Å². The lowest BCUT2D eigenvalue weighted by Gasteiger charge is -2.23. The van der Waals surface area contributed by atoms with Gasteiger partial charge in [0, 0.05) is 17.9 Å². The van der Waals surface area contributed by atoms with Crippen LogP contribution >= 0.6 is 0 Å². The molecule has 1 fully saturated rings. The topological polar surface area (TPSA) is 43.1 Å². The van der Waals surface area contributed by atoms with Gasteiger partial charge in [-0.05, 0) is 32.6 Å². The van der Waals surface area contributed by atoms with Crippen LogP contribution in [-0.2, 0) is 4.79 Å². The first-order valence-corrected chi connectivity index (χ1v) is 5.18. The maximum absolute atomic E-state index is 10.6. The number of nitrogens with zero attached hydrogens (tertiary/aromatic N) is 1. The van der Waals surface area contributed by atoms with Gasteiger partial charge >= 0.3 is 0 Å². The van der Waals surface area contributed by atoms with Gasteiger partial charge in [0.1, 0.15) is 12.0 Å². The van der Waals surface area contributed by atoms with E-state index in [2.05, 4.69) is 5.16 Å². The van der Waals surface area contributed by atoms with Crippen molar-refractivity contribution in [2.75, 3.05) is 0 Å². The Labute approximate surface area is 83.5 Å². The van der Waals surface area contributed by atoms with Crippen LogP contribution in [0.2, 0.25) is 0 Å². The molecule has 1 aromatic rings. The fourth-order valence-corrected chi connectivity index (χ4v) is 2.13. The zero-order valence-electron chi connectivity index (χ0n) is 8.40. The maximum Gasteiger partial charge on any atom is 0.133 e. The highest BCUT2D eigenvalue weighted by atomic mass is 16.5. The summed E-state index contributed by atoms with van der Waals surface area (Å²) in [5.41, 5.74) is 1.06. The van der Waals surface area contributed by atoms with E-state index in [4.69, 9.17) is 4.52 Å². The molecule has 0 aromatic carbocycles. The first kappa shape index (κ1) is 9.44. The third-order valence-corrected chi connectivity index (χ3v) is 3.03. The number of hydrogen-bond acceptors (Lipinski definition) is 3. The molecule has 0 radical (unpaired) electrons. The van der Waals surface area contributed by atoms with Crippen LogP contribution < -0.4 is 0 Å². The molecule has 1 aliphatic carbocycles. The van der Waals surface area contributed by atoms with Gasteiger partial charge in [-0.2, -0.15) is 0 Å². The van der Waals surface area contributed by atoms with E-state index in [1.165, 1.54) is 0 Å². The summed E-state index contributed by atoms with van der Waals surface area (Å²) in [4.78, 5) is 10.6. The predicted octanol–water partition coefficient (Wildman–Crippen LogP) is 2.46. The molecule has 76 valence electrons. The fraction of sp³-hybridized carbons (Fsp3) is 0.636. The average Bonchev–Trinajstić information content (AvgIpc) is 2.65. The Bertz CT molecular complexity index is 311. The van der Waals surface area contributed by atoms with Crippen molar-refractivity contribution in [3.63, 3.8) is 0 Å². The third kappa shape index (κ3) is 1.86. The lowest BCUT2D eigenvalue weighted by Crippen LogP contribution is -2.14. The second-order valence-corrected chi connectivity index (χ2v) is 4.11. The first-order chi connectivity index (χ1) is 6.79. The zero-order chi connectivity index (χ0) is 9.97. The van der Waals surface area contributed by atoms with Gasteiger partial charge in [-0.25, -0.2) is 0 Å². The Morgan fingerprint density at radius 1 is 1.43 bits per heavy atom. The van der Waals surface area contributed by atoms with E-state index in [9.17, 15) is 4.79 Å². The van der Waals surface area contributed by atoms with E-state index >= 15 is 0 Å². The summed E-state index contributed by atoms with van der Waals surface area (Å²) in [6, 6.07) is 2.01. The van der Waals surface area contributed by atoms with Gasteiger partial charge < -0.3 is 9.32 Å². The van der Waals surface area contributed by atoms with Gasteiger partial charge in [-0.15, -0.1) is 0 Å². The number of hydrogen-bond donors (Lipinski definition) is 0. The van der Waals surface area contributed by atoms with Gasteiger partial charge in [0.15, 0.2) is 0 Å². The summed E-state index contributed by atoms with van der Waals surface area (Å²) in [7, 11) is 0. The lowest BCUT2D eigenvalue weighted by atomic mass is 9.81. The Morgan fingerprint density at radius 3 is 2.64 bits per heavy atom. The largest absolute Gasteiger partial charge is 0.361 e. The van der Waals surface area contributed by atoms with Crippen LogP contribution in [0.4, 0.5) is 0 Å². The smallest absolute Gasteiger partial charge is 0.133 e. The van der Waals surface area contributed by atoms with E-state index in [0.717, 1.165) is 43.4 Å². The molecular weight excluding hydrogens is 178 g/mol. The normalized spacial score (nSPS) is 27.5. The number of carbonyl (C=O) groups is 1. The quantitative estimate of drug-likeness (QED) is 0.677. The fourth-order valence-electron chi connectivity index (χ4n) is 2.13. The summed E-state index contributed by atoms with van der Waals surface area (Å²) in [5, 5.41) is 4.03. The van der Waals surface area contributed by atoms with Crippen molar-refractivity contribution in [3.8, 4) is 0 Å². The molecule has 1 heterocycles. The van der Waals surface area contributed by atoms with Crippen LogP contribution in [0.5, 0.6) is 0 Å². The lowest BCUT2D eigenvalue weighted by molar-refractivity contribution is -0.111. The van der Waals surface area contributed by atoms with Crippen molar-refractivity contribution in [3.05, 3.63) is 17.5 Å². The molecule has 2 rings (SSSR count). The summed E-state index contributed by atoms with van der Waals surface area (Å²) in [6.45, 7) is 1.91. The van der Waals surface area contributed by atoms with Crippen LogP contribution in [0, 0.1) is 12.8 Å². The van der Waals surface area contributed by atoms with Crippen LogP contribution in [0.25, 0.3) is 0 Å². The minimum atomic E-state index is 0.277. The number of aryl methyl sites for hydroxylation is 1. The first-order valence-electron chi connectivity index (χ1n) is 5.18. The zero-order valence-corrected chi connectivity index (χ0v) is 8.40. The predicted molar refractivity (Wildman–Crippen MR) is 52.0 cm³/mol. The van der Waals surface area contributed by atoms with Gasteiger partial charge in [-0.1, -0.05) is 5.16 Å². The molecule has 1 saturated carbocycles. The van der Waals surface area contributed by atoms with Crippen molar-refractivity contribution in [1.82, 2.24) is 5.16 Å². The molecule has 3 heteroatoms. The molecule has 0 N–H and O–H groups in total. The molecule has 0 atom stereocenters. The van der Waals surface area contributed by atoms with Gasteiger partial charge in [-0.3, -0.25) is 0 Å². The second-order valence-electron chi connectivity index (χ2n) is 4.11. The molecule has 0 unspecified atom stereocenters. The van der Waals surface area contributed by atoms with Gasteiger partial charge in [0.25, 0.3) is 0 Å². The molecule has 0 spiro atoms. The SMILES string of the molecule is Cc1cc(C2CCC(C=O)CC2)no1. The average molecular weight is 193 g/mol. The molecular formula is C11H15NO2. The molecule has 1 aromatic heterocycles. The molecule has 0 aliphatic heterocycles. The summed E-state index contributed by atoms with van der Waals surface area (Å²) in [6.07, 6.45) is 5.22. The van der Waals surface area contributed by atoms with E-state index < -0.39 is 0 Å². The number of rotatable bonds is 2. The van der Waals surface area contributed by atoms with Crippen LogP contribution in [0.3, 0.4) is 0 Å². The Balaban J connectivity index is 1.98. The van der Waals surface area contributed by atoms with Crippen LogP contribution in [0.15, 0.2) is 10.6 Å². The maximum atomic E-state index is 10.6. The van der Waals surface area contributed by atoms with E-state index in [1.807, 2.05) is 13.0 Å². The highest BCUT2D eigenvalue weighted by Crippen LogP contribution is 2.34. The minimum Gasteiger partial charge on any atom is -0.361 e. The highest BCUT2D eigenvalue weighted by molar-refractivity contribution is 5.53. The van der Waals surface area contributed by atoms with E-state index in [-0.39, 0.29) is 5.92 Å². The number of aldehydes is 1. The summed E-state index contributed by atoms with van der Waals surface area (Å²) < 4.78 is 5.05. The van der Waals surface area contributed by atoms with Crippen molar-refractivity contribution in [2.24, 2.45) is 5.92 Å². The summed E-state index contributed by atoms with van der Waals surface area (Å²) in [5.74, 6) is 1.65. The standard InChI is InChI=1S/C11H15NO2/c1-8-6-11(12-14-8)10-4-2-9(7-13)3-5-10/h6-7,9-10H,2-5H2,1H3. The highest BCUT2D eigenvalue weighted by Gasteiger charge is 2.23. The van der Waals surface area contributed by atoms with Crippen molar-refractivity contribution in [2.45, 2.75) is 38.5 Å².